The molecule has 0 spiro atoms. The lowest BCUT2D eigenvalue weighted by atomic mass is 10.2. The zero-order valence-corrected chi connectivity index (χ0v) is 13.0. The summed E-state index contributed by atoms with van der Waals surface area (Å²) in [5.41, 5.74) is 0. The van der Waals surface area contributed by atoms with Gasteiger partial charge in [0.05, 0.1) is 0 Å². The van der Waals surface area contributed by atoms with Gasteiger partial charge in [0.1, 0.15) is 0 Å². The Kier molecular flexibility index (Phi) is 7.70. The van der Waals surface area contributed by atoms with Crippen LogP contribution in [0.3, 0.4) is 0 Å². The van der Waals surface area contributed by atoms with Gasteiger partial charge in [0.15, 0.2) is 5.17 Å². The number of hydrogen-bond acceptors (Lipinski definition) is 4. The number of amidine groups is 1. The van der Waals surface area contributed by atoms with Crippen LogP contribution in [0.2, 0.25) is 0 Å². The first-order valence-corrected chi connectivity index (χ1v) is 9.07. The maximum absolute atomic E-state index is 4.58. The second-order valence-electron chi connectivity index (χ2n) is 5.63. The molecule has 1 N–H and O–H groups in total. The minimum atomic E-state index is 1.02. The number of likely N-dealkylation sites (tertiary alicyclic amines) is 1. The molecule has 19 heavy (non-hydrogen) atoms. The minimum Gasteiger partial charge on any atom is -0.365 e. The first kappa shape index (κ1) is 15.2. The van der Waals surface area contributed by atoms with Crippen LogP contribution in [0.4, 0.5) is 0 Å². The van der Waals surface area contributed by atoms with Gasteiger partial charge in [0.2, 0.25) is 0 Å². The average Bonchev–Trinajstić information content (AvgIpc) is 2.83. The Bertz CT molecular complexity index is 260. The Morgan fingerprint density at radius 2 is 1.84 bits per heavy atom. The summed E-state index contributed by atoms with van der Waals surface area (Å²) in [5.74, 6) is 1.22. The highest BCUT2D eigenvalue weighted by molar-refractivity contribution is 8.13. The summed E-state index contributed by atoms with van der Waals surface area (Å²) in [6.45, 7) is 6.10. The molecule has 0 aromatic carbocycles. The number of aliphatic imine (C=N–C) groups is 1. The number of nitrogens with one attached hydrogen (secondary N) is 1. The normalized spacial score (nSPS) is 22.2. The Labute approximate surface area is 122 Å². The first-order chi connectivity index (χ1) is 9.45. The van der Waals surface area contributed by atoms with Gasteiger partial charge in [-0.2, -0.15) is 0 Å². The van der Waals surface area contributed by atoms with E-state index in [1.165, 1.54) is 81.9 Å². The van der Waals surface area contributed by atoms with E-state index in [-0.39, 0.29) is 0 Å². The van der Waals surface area contributed by atoms with Crippen LogP contribution < -0.4 is 5.32 Å². The molecule has 2 aliphatic rings. The third kappa shape index (κ3) is 6.66. The Balaban J connectivity index is 1.50. The van der Waals surface area contributed by atoms with Gasteiger partial charge in [0, 0.05) is 18.8 Å². The molecule has 1 saturated heterocycles. The maximum atomic E-state index is 4.58. The highest BCUT2D eigenvalue weighted by atomic mass is 32.2. The van der Waals surface area contributed by atoms with Crippen LogP contribution in [0, 0.1) is 0 Å². The molecule has 2 aliphatic heterocycles. The zero-order valence-electron chi connectivity index (χ0n) is 12.2. The van der Waals surface area contributed by atoms with Crippen molar-refractivity contribution in [2.45, 2.75) is 51.4 Å². The molecule has 0 amide bonds. The molecule has 0 unspecified atom stereocenters. The summed E-state index contributed by atoms with van der Waals surface area (Å²) >= 11 is 1.92. The van der Waals surface area contributed by atoms with Crippen LogP contribution in [0.1, 0.15) is 51.4 Å². The van der Waals surface area contributed by atoms with E-state index in [0.717, 1.165) is 13.1 Å². The molecule has 0 bridgehead atoms. The summed E-state index contributed by atoms with van der Waals surface area (Å²) < 4.78 is 0. The maximum Gasteiger partial charge on any atom is 0.156 e. The molecule has 3 nitrogen and oxygen atoms in total. The molecule has 2 heterocycles. The van der Waals surface area contributed by atoms with Gasteiger partial charge in [-0.3, -0.25) is 4.99 Å². The van der Waals surface area contributed by atoms with Gasteiger partial charge >= 0.3 is 0 Å². The topological polar surface area (TPSA) is 27.6 Å². The number of thioether (sulfide) groups is 1. The van der Waals surface area contributed by atoms with Gasteiger partial charge in [-0.05, 0) is 58.2 Å². The molecular formula is C15H29N3S. The molecule has 0 aliphatic carbocycles. The lowest BCUT2D eigenvalue weighted by Crippen LogP contribution is -2.25. The summed E-state index contributed by atoms with van der Waals surface area (Å²) in [6, 6.07) is 0. The third-order valence-corrected chi connectivity index (χ3v) is 4.96. The van der Waals surface area contributed by atoms with Crippen LogP contribution in [0.5, 0.6) is 0 Å². The largest absolute Gasteiger partial charge is 0.365 e. The highest BCUT2D eigenvalue weighted by Crippen LogP contribution is 2.12. The van der Waals surface area contributed by atoms with Gasteiger partial charge in [-0.1, -0.05) is 24.6 Å². The van der Waals surface area contributed by atoms with Crippen molar-refractivity contribution in [1.82, 2.24) is 10.2 Å². The zero-order chi connectivity index (χ0) is 13.2. The molecule has 0 aromatic heterocycles. The fraction of sp³-hybridized carbons (Fsp3) is 0.933. The van der Waals surface area contributed by atoms with Crippen LogP contribution in [0.15, 0.2) is 4.99 Å². The smallest absolute Gasteiger partial charge is 0.156 e. The molecule has 2 rings (SSSR count). The first-order valence-electron chi connectivity index (χ1n) is 8.08. The van der Waals surface area contributed by atoms with Crippen molar-refractivity contribution >= 4 is 16.9 Å². The van der Waals surface area contributed by atoms with Gasteiger partial charge in [-0.25, -0.2) is 0 Å². The standard InChI is InChI=1S/C15H29N3S/c1-2-6-12-18(11-5-1)13-7-8-14-19-15-16-9-3-4-10-17-15/h1-14H2,(H,16,17). The highest BCUT2D eigenvalue weighted by Gasteiger charge is 2.08. The van der Waals surface area contributed by atoms with Crippen LogP contribution in [-0.4, -0.2) is 48.5 Å². The van der Waals surface area contributed by atoms with E-state index in [0.29, 0.717) is 0 Å². The lowest BCUT2D eigenvalue weighted by Gasteiger charge is -2.19. The Hall–Kier alpha value is -0.220. The monoisotopic (exact) mass is 283 g/mol. The van der Waals surface area contributed by atoms with Crippen molar-refractivity contribution in [2.24, 2.45) is 4.99 Å². The van der Waals surface area contributed by atoms with Crippen molar-refractivity contribution in [3.8, 4) is 0 Å². The fourth-order valence-electron chi connectivity index (χ4n) is 2.73. The van der Waals surface area contributed by atoms with Crippen molar-refractivity contribution in [1.29, 1.82) is 0 Å². The average molecular weight is 283 g/mol. The predicted octanol–water partition coefficient (Wildman–Crippen LogP) is 3.12. The van der Waals surface area contributed by atoms with E-state index in [2.05, 4.69) is 15.2 Å². The van der Waals surface area contributed by atoms with Crippen LogP contribution in [0.25, 0.3) is 0 Å². The van der Waals surface area contributed by atoms with Crippen molar-refractivity contribution in [3.05, 3.63) is 0 Å². The summed E-state index contributed by atoms with van der Waals surface area (Å²) in [5, 5.41) is 4.62. The Morgan fingerprint density at radius 3 is 2.68 bits per heavy atom. The third-order valence-electron chi connectivity index (χ3n) is 3.92. The molecule has 0 saturated carbocycles. The fourth-order valence-corrected chi connectivity index (χ4v) is 3.66. The molecular weight excluding hydrogens is 254 g/mol. The molecule has 110 valence electrons. The second-order valence-corrected chi connectivity index (χ2v) is 6.72. The predicted molar refractivity (Wildman–Crippen MR) is 86.1 cm³/mol. The van der Waals surface area contributed by atoms with Gasteiger partial charge in [-0.15, -0.1) is 0 Å². The van der Waals surface area contributed by atoms with Crippen molar-refractivity contribution in [3.63, 3.8) is 0 Å². The summed E-state index contributed by atoms with van der Waals surface area (Å²) in [7, 11) is 0. The van der Waals surface area contributed by atoms with E-state index in [9.17, 15) is 0 Å². The van der Waals surface area contributed by atoms with E-state index in [1.54, 1.807) is 0 Å². The number of nitrogens with zero attached hydrogens (tertiary/aromatic N) is 2. The molecule has 1 fully saturated rings. The van der Waals surface area contributed by atoms with E-state index in [1.807, 2.05) is 11.8 Å². The van der Waals surface area contributed by atoms with Crippen molar-refractivity contribution in [2.75, 3.05) is 38.5 Å². The van der Waals surface area contributed by atoms with Crippen molar-refractivity contribution < 1.29 is 0 Å². The van der Waals surface area contributed by atoms with E-state index < -0.39 is 0 Å². The summed E-state index contributed by atoms with van der Waals surface area (Å²) in [4.78, 5) is 7.25. The number of unbranched alkanes of at least 4 members (excludes halogenated alkanes) is 1. The number of hydrogen-bond donors (Lipinski definition) is 1. The van der Waals surface area contributed by atoms with Crippen LogP contribution >= 0.6 is 11.8 Å². The van der Waals surface area contributed by atoms with Gasteiger partial charge < -0.3 is 10.2 Å². The van der Waals surface area contributed by atoms with E-state index in [4.69, 9.17) is 0 Å². The molecule has 4 heteroatoms. The minimum absolute atomic E-state index is 1.02. The summed E-state index contributed by atoms with van der Waals surface area (Å²) in [6.07, 6.45) is 10.9. The molecule has 0 radical (unpaired) electrons. The molecule has 0 aromatic rings. The van der Waals surface area contributed by atoms with Gasteiger partial charge in [0.25, 0.3) is 0 Å². The Morgan fingerprint density at radius 1 is 1.00 bits per heavy atom. The second kappa shape index (κ2) is 9.65. The SMILES string of the molecule is C1CCCN(CCCCSC2=NCCCCN2)CC1. The quantitative estimate of drug-likeness (QED) is 0.786. The van der Waals surface area contributed by atoms with Crippen LogP contribution in [-0.2, 0) is 0 Å². The van der Waals surface area contributed by atoms with E-state index >= 15 is 0 Å². The molecule has 0 atom stereocenters. The number of rotatable bonds is 5. The lowest BCUT2D eigenvalue weighted by molar-refractivity contribution is 0.281.